The van der Waals surface area contributed by atoms with Gasteiger partial charge < -0.3 is 0 Å². The topological polar surface area (TPSA) is 0 Å². The zero-order valence-corrected chi connectivity index (χ0v) is 20.5. The van der Waals surface area contributed by atoms with Gasteiger partial charge in [0.15, 0.2) is 0 Å². The standard InChI is InChI=1S/C26H42S2/c1-5-7-9-11-13-15-17-23-21(3)19-27-25(23)26-24(22(4)20-28-26)18-16-14-12-10-8-6-2/h19-20H,5-18H2,1-4H3. The third-order valence-electron chi connectivity index (χ3n) is 5.97. The van der Waals surface area contributed by atoms with E-state index in [0.29, 0.717) is 0 Å². The molecule has 0 aliphatic carbocycles. The van der Waals surface area contributed by atoms with Crippen molar-refractivity contribution in [2.24, 2.45) is 0 Å². The second-order valence-electron chi connectivity index (χ2n) is 8.49. The summed E-state index contributed by atoms with van der Waals surface area (Å²) in [7, 11) is 0. The first-order valence-corrected chi connectivity index (χ1v) is 13.6. The Morgan fingerprint density at radius 3 is 1.29 bits per heavy atom. The minimum atomic E-state index is 1.27. The highest BCUT2D eigenvalue weighted by atomic mass is 32.1. The average molecular weight is 419 g/mol. The van der Waals surface area contributed by atoms with Gasteiger partial charge in [0.1, 0.15) is 0 Å². The lowest BCUT2D eigenvalue weighted by Gasteiger charge is -2.09. The summed E-state index contributed by atoms with van der Waals surface area (Å²) < 4.78 is 0. The molecule has 0 aliphatic rings. The summed E-state index contributed by atoms with van der Waals surface area (Å²) in [5.41, 5.74) is 6.33. The summed E-state index contributed by atoms with van der Waals surface area (Å²) in [5, 5.41) is 4.79. The Kier molecular flexibility index (Phi) is 11.5. The first kappa shape index (κ1) is 23.7. The van der Waals surface area contributed by atoms with Gasteiger partial charge in [-0.2, -0.15) is 0 Å². The predicted molar refractivity (Wildman–Crippen MR) is 131 cm³/mol. The molecule has 0 saturated heterocycles. The predicted octanol–water partition coefficient (Wildman–Crippen LogP) is 9.90. The molecular formula is C26H42S2. The smallest absolute Gasteiger partial charge is 0.0480 e. The minimum absolute atomic E-state index is 1.27. The van der Waals surface area contributed by atoms with Gasteiger partial charge >= 0.3 is 0 Å². The Morgan fingerprint density at radius 1 is 0.536 bits per heavy atom. The fourth-order valence-electron chi connectivity index (χ4n) is 4.10. The SMILES string of the molecule is CCCCCCCCc1c(C)csc1-c1scc(C)c1CCCCCCCC. The highest BCUT2D eigenvalue weighted by Gasteiger charge is 2.17. The maximum atomic E-state index is 2.39. The molecule has 0 radical (unpaired) electrons. The number of hydrogen-bond acceptors (Lipinski definition) is 2. The monoisotopic (exact) mass is 418 g/mol. The minimum Gasteiger partial charge on any atom is -0.142 e. The lowest BCUT2D eigenvalue weighted by Crippen LogP contribution is -1.93. The van der Waals surface area contributed by atoms with Crippen molar-refractivity contribution >= 4 is 22.7 Å². The molecule has 0 aromatic carbocycles. The van der Waals surface area contributed by atoms with Crippen LogP contribution in [0.3, 0.4) is 0 Å². The van der Waals surface area contributed by atoms with Crippen LogP contribution < -0.4 is 0 Å². The van der Waals surface area contributed by atoms with Crippen molar-refractivity contribution in [1.82, 2.24) is 0 Å². The van der Waals surface area contributed by atoms with Gasteiger partial charge in [-0.05, 0) is 72.5 Å². The van der Waals surface area contributed by atoms with E-state index in [4.69, 9.17) is 0 Å². The van der Waals surface area contributed by atoms with Crippen LogP contribution >= 0.6 is 22.7 Å². The second-order valence-corrected chi connectivity index (χ2v) is 10.2. The van der Waals surface area contributed by atoms with Gasteiger partial charge in [0, 0.05) is 9.75 Å². The summed E-state index contributed by atoms with van der Waals surface area (Å²) in [6, 6.07) is 0. The van der Waals surface area contributed by atoms with Crippen LogP contribution in [0, 0.1) is 13.8 Å². The maximum Gasteiger partial charge on any atom is 0.0480 e. The Balaban J connectivity index is 1.95. The van der Waals surface area contributed by atoms with Crippen LogP contribution in [0.15, 0.2) is 10.8 Å². The number of hydrogen-bond donors (Lipinski definition) is 0. The van der Waals surface area contributed by atoms with Gasteiger partial charge in [-0.1, -0.05) is 78.1 Å². The van der Waals surface area contributed by atoms with Gasteiger partial charge in [-0.25, -0.2) is 0 Å². The molecule has 0 nitrogen and oxygen atoms in total. The van der Waals surface area contributed by atoms with Crippen molar-refractivity contribution in [1.29, 1.82) is 0 Å². The normalized spacial score (nSPS) is 11.4. The summed E-state index contributed by atoms with van der Waals surface area (Å²) in [6.07, 6.45) is 19.2. The van der Waals surface area contributed by atoms with Crippen LogP contribution in [-0.2, 0) is 12.8 Å². The van der Waals surface area contributed by atoms with Crippen LogP contribution in [0.4, 0.5) is 0 Å². The number of unbranched alkanes of at least 4 members (excludes halogenated alkanes) is 10. The summed E-state index contributed by atoms with van der Waals surface area (Å²) >= 11 is 3.98. The van der Waals surface area contributed by atoms with E-state index < -0.39 is 0 Å². The van der Waals surface area contributed by atoms with Crippen LogP contribution in [0.2, 0.25) is 0 Å². The van der Waals surface area contributed by atoms with E-state index >= 15 is 0 Å². The number of rotatable bonds is 15. The van der Waals surface area contributed by atoms with E-state index in [2.05, 4.69) is 38.5 Å². The van der Waals surface area contributed by atoms with Crippen LogP contribution in [-0.4, -0.2) is 0 Å². The molecule has 0 atom stereocenters. The van der Waals surface area contributed by atoms with E-state index in [1.807, 2.05) is 22.7 Å². The van der Waals surface area contributed by atoms with Crippen molar-refractivity contribution in [3.05, 3.63) is 33.0 Å². The zero-order valence-electron chi connectivity index (χ0n) is 18.9. The molecule has 2 aromatic heterocycles. The first-order chi connectivity index (χ1) is 13.7. The van der Waals surface area contributed by atoms with Gasteiger partial charge in [0.05, 0.1) is 0 Å². The molecule has 0 saturated carbocycles. The molecule has 2 heterocycles. The molecule has 0 fully saturated rings. The largest absolute Gasteiger partial charge is 0.142 e. The fraction of sp³-hybridized carbons (Fsp3) is 0.692. The van der Waals surface area contributed by atoms with Crippen molar-refractivity contribution in [3.8, 4) is 9.75 Å². The van der Waals surface area contributed by atoms with Gasteiger partial charge in [-0.15, -0.1) is 22.7 Å². The summed E-state index contributed by atoms with van der Waals surface area (Å²) in [4.78, 5) is 3.18. The molecule has 2 heteroatoms. The van der Waals surface area contributed by atoms with E-state index in [-0.39, 0.29) is 0 Å². The quantitative estimate of drug-likeness (QED) is 0.252. The molecular weight excluding hydrogens is 376 g/mol. The fourth-order valence-corrected chi connectivity index (χ4v) is 6.54. The summed E-state index contributed by atoms with van der Waals surface area (Å²) in [5.74, 6) is 0. The van der Waals surface area contributed by atoms with Gasteiger partial charge in [-0.3, -0.25) is 0 Å². The summed E-state index contributed by atoms with van der Waals surface area (Å²) in [6.45, 7) is 9.24. The average Bonchev–Trinajstić information content (AvgIpc) is 3.23. The van der Waals surface area contributed by atoms with Crippen LogP contribution in [0.1, 0.15) is 113 Å². The molecule has 0 amide bonds. The van der Waals surface area contributed by atoms with E-state index in [1.165, 1.54) is 101 Å². The van der Waals surface area contributed by atoms with Crippen LogP contribution in [0.5, 0.6) is 0 Å². The van der Waals surface area contributed by atoms with E-state index in [0.717, 1.165) is 0 Å². The molecule has 158 valence electrons. The zero-order chi connectivity index (χ0) is 20.2. The highest BCUT2D eigenvalue weighted by Crippen LogP contribution is 2.41. The Labute approximate surface area is 182 Å². The van der Waals surface area contributed by atoms with Crippen molar-refractivity contribution in [3.63, 3.8) is 0 Å². The van der Waals surface area contributed by atoms with Crippen molar-refractivity contribution in [2.45, 2.75) is 118 Å². The van der Waals surface area contributed by atoms with Crippen molar-refractivity contribution < 1.29 is 0 Å². The van der Waals surface area contributed by atoms with E-state index in [1.54, 1.807) is 20.9 Å². The Hall–Kier alpha value is -0.600. The Bertz CT molecular complexity index is 604. The third-order valence-corrected chi connectivity index (χ3v) is 8.42. The number of aryl methyl sites for hydroxylation is 2. The van der Waals surface area contributed by atoms with Crippen LogP contribution in [0.25, 0.3) is 9.75 Å². The molecule has 0 unspecified atom stereocenters. The maximum absolute atomic E-state index is 2.39. The molecule has 0 aliphatic heterocycles. The lowest BCUT2D eigenvalue weighted by atomic mass is 9.98. The van der Waals surface area contributed by atoms with Gasteiger partial charge in [0.2, 0.25) is 0 Å². The molecule has 0 bridgehead atoms. The molecule has 0 N–H and O–H groups in total. The van der Waals surface area contributed by atoms with Gasteiger partial charge in [0.25, 0.3) is 0 Å². The second kappa shape index (κ2) is 13.6. The van der Waals surface area contributed by atoms with Crippen molar-refractivity contribution in [2.75, 3.05) is 0 Å². The Morgan fingerprint density at radius 2 is 0.893 bits per heavy atom. The molecule has 2 rings (SSSR count). The van der Waals surface area contributed by atoms with E-state index in [9.17, 15) is 0 Å². The number of thiophene rings is 2. The third kappa shape index (κ3) is 7.34. The molecule has 2 aromatic rings. The molecule has 0 spiro atoms. The first-order valence-electron chi connectivity index (χ1n) is 11.8. The lowest BCUT2D eigenvalue weighted by molar-refractivity contribution is 0.607. The highest BCUT2D eigenvalue weighted by molar-refractivity contribution is 7.20. The molecule has 28 heavy (non-hydrogen) atoms.